The van der Waals surface area contributed by atoms with Gasteiger partial charge in [0.1, 0.15) is 23.0 Å². The van der Waals surface area contributed by atoms with Crippen molar-refractivity contribution in [1.82, 2.24) is 0 Å². The third kappa shape index (κ3) is 5.30. The van der Waals surface area contributed by atoms with Crippen LogP contribution in [-0.2, 0) is 13.6 Å². The van der Waals surface area contributed by atoms with Crippen LogP contribution in [-0.4, -0.2) is 24.9 Å². The fourth-order valence-corrected chi connectivity index (χ4v) is 4.44. The Kier molecular flexibility index (Phi) is 7.41. The number of anilines is 1. The zero-order chi connectivity index (χ0) is 20.2. The minimum absolute atomic E-state index is 0.132. The molecule has 8 nitrogen and oxygen atoms in total. The lowest BCUT2D eigenvalue weighted by atomic mass is 10.2. The smallest absolute Gasteiger partial charge is 0.351 e. The van der Waals surface area contributed by atoms with Crippen molar-refractivity contribution in [2.45, 2.75) is 12.7 Å². The van der Waals surface area contributed by atoms with Crippen LogP contribution in [0.4, 0.5) is 11.4 Å². The monoisotopic (exact) mass is 522 g/mol. The van der Waals surface area contributed by atoms with Crippen molar-refractivity contribution in [1.29, 1.82) is 0 Å². The van der Waals surface area contributed by atoms with Gasteiger partial charge in [-0.3, -0.25) is 14.7 Å². The topological polar surface area (TPSA) is 99.9 Å². The summed E-state index contributed by atoms with van der Waals surface area (Å²) in [4.78, 5) is 10.8. The summed E-state index contributed by atoms with van der Waals surface area (Å²) in [6.45, 7) is 1.55. The molecule has 0 radical (unpaired) electrons. The van der Waals surface area contributed by atoms with E-state index in [1.807, 2.05) is 6.07 Å². The minimum atomic E-state index is -3.47. The maximum atomic E-state index is 12.5. The molecule has 0 aliphatic carbocycles. The average molecular weight is 524 g/mol. The predicted molar refractivity (Wildman–Crippen MR) is 110 cm³/mol. The van der Waals surface area contributed by atoms with Crippen LogP contribution >= 0.6 is 39.5 Å². The molecule has 1 atom stereocenters. The molecule has 0 bridgehead atoms. The van der Waals surface area contributed by atoms with Gasteiger partial charge in [0.15, 0.2) is 0 Å². The van der Waals surface area contributed by atoms with E-state index in [4.69, 9.17) is 13.8 Å². The fourth-order valence-electron chi connectivity index (χ4n) is 2.23. The van der Waals surface area contributed by atoms with Gasteiger partial charge in [-0.2, -0.15) is 0 Å². The largest absolute Gasteiger partial charge is 0.456 e. The molecule has 0 heterocycles. The van der Waals surface area contributed by atoms with Crippen molar-refractivity contribution >= 4 is 50.8 Å². The van der Waals surface area contributed by atoms with Crippen molar-refractivity contribution < 1.29 is 23.3 Å². The first kappa shape index (κ1) is 21.8. The second-order valence-electron chi connectivity index (χ2n) is 5.34. The van der Waals surface area contributed by atoms with E-state index in [2.05, 4.69) is 37.2 Å². The lowest BCUT2D eigenvalue weighted by Gasteiger charge is -2.22. The molecule has 0 amide bonds. The molecule has 0 fully saturated rings. The highest BCUT2D eigenvalue weighted by Gasteiger charge is 2.31. The van der Waals surface area contributed by atoms with Gasteiger partial charge >= 0.3 is 7.60 Å². The summed E-state index contributed by atoms with van der Waals surface area (Å²) >= 11 is 6.75. The summed E-state index contributed by atoms with van der Waals surface area (Å²) in [6, 6.07) is 9.61. The molecule has 0 saturated carbocycles. The van der Waals surface area contributed by atoms with Crippen molar-refractivity contribution in [2.75, 3.05) is 19.5 Å². The molecule has 0 aromatic heterocycles. The van der Waals surface area contributed by atoms with Crippen LogP contribution in [0.15, 0.2) is 45.3 Å². The Morgan fingerprint density at radius 1 is 1.15 bits per heavy atom. The van der Waals surface area contributed by atoms with E-state index in [0.717, 1.165) is 4.47 Å². The van der Waals surface area contributed by atoms with Crippen LogP contribution in [0, 0.1) is 10.1 Å². The highest BCUT2D eigenvalue weighted by molar-refractivity contribution is 9.11. The van der Waals surface area contributed by atoms with Gasteiger partial charge in [0.2, 0.25) is 0 Å². The van der Waals surface area contributed by atoms with E-state index in [9.17, 15) is 14.7 Å². The Balaban J connectivity index is 2.36. The molecule has 2 aromatic rings. The van der Waals surface area contributed by atoms with E-state index < -0.39 is 18.3 Å². The molecule has 1 unspecified atom stereocenters. The fraction of sp³-hybridized carbons (Fsp3) is 0.250. The van der Waals surface area contributed by atoms with Crippen LogP contribution in [0.5, 0.6) is 11.5 Å². The van der Waals surface area contributed by atoms with Crippen LogP contribution in [0.1, 0.15) is 6.92 Å². The Morgan fingerprint density at radius 2 is 1.81 bits per heavy atom. The molecule has 1 N–H and O–H groups in total. The molecular weight excluding hydrogens is 507 g/mol. The van der Waals surface area contributed by atoms with E-state index in [0.29, 0.717) is 16.0 Å². The van der Waals surface area contributed by atoms with Crippen molar-refractivity contribution in [3.8, 4) is 11.5 Å². The number of rotatable bonds is 8. The van der Waals surface area contributed by atoms with Gasteiger partial charge < -0.3 is 19.1 Å². The number of benzene rings is 2. The highest BCUT2D eigenvalue weighted by atomic mass is 79.9. The average Bonchev–Trinajstić information content (AvgIpc) is 2.63. The maximum absolute atomic E-state index is 12.5. The first-order valence-corrected chi connectivity index (χ1v) is 10.8. The molecule has 2 rings (SSSR count). The number of nitro benzene ring substituents is 1. The normalized spacial score (nSPS) is 12.5. The van der Waals surface area contributed by atoms with E-state index in [-0.39, 0.29) is 11.4 Å². The van der Waals surface area contributed by atoms with Crippen LogP contribution in [0.3, 0.4) is 0 Å². The first-order valence-electron chi connectivity index (χ1n) is 7.59. The number of nitrogens with zero attached hydrogens (tertiary/aromatic N) is 1. The molecule has 0 saturated heterocycles. The van der Waals surface area contributed by atoms with Crippen LogP contribution < -0.4 is 10.1 Å². The van der Waals surface area contributed by atoms with Crippen LogP contribution in [0.2, 0.25) is 0 Å². The molecule has 11 heteroatoms. The van der Waals surface area contributed by atoms with E-state index in [1.165, 1.54) is 32.4 Å². The summed E-state index contributed by atoms with van der Waals surface area (Å²) in [5, 5.41) is 14.2. The van der Waals surface area contributed by atoms with E-state index in [1.54, 1.807) is 19.1 Å². The van der Waals surface area contributed by atoms with Gasteiger partial charge in [0.05, 0.1) is 9.40 Å². The molecule has 27 heavy (non-hydrogen) atoms. The number of nitrogens with one attached hydrogen (secondary N) is 1. The predicted octanol–water partition coefficient (Wildman–Crippen LogP) is 6.16. The Bertz CT molecular complexity index is 887. The molecule has 0 aliphatic heterocycles. The summed E-state index contributed by atoms with van der Waals surface area (Å²) in [6.07, 6.45) is 0. The Hall–Kier alpha value is -1.45. The van der Waals surface area contributed by atoms with Gasteiger partial charge in [-0.15, -0.1) is 0 Å². The highest BCUT2D eigenvalue weighted by Crippen LogP contribution is 2.52. The van der Waals surface area contributed by atoms with Gasteiger partial charge in [0, 0.05) is 30.8 Å². The standard InChI is InChI=1S/C16H17Br2N2O6P/c1-10(27(23,24-2)25-3)19-14-9-12(5-6-15(14)20(21)22)26-16-7-4-11(17)8-13(16)18/h4-10,19H,1-3H3. The van der Waals surface area contributed by atoms with Crippen LogP contribution in [0.25, 0.3) is 0 Å². The summed E-state index contributed by atoms with van der Waals surface area (Å²) < 4.78 is 29.7. The van der Waals surface area contributed by atoms with Crippen molar-refractivity contribution in [3.63, 3.8) is 0 Å². The lowest BCUT2D eigenvalue weighted by molar-refractivity contribution is -0.384. The molecule has 146 valence electrons. The Morgan fingerprint density at radius 3 is 2.37 bits per heavy atom. The summed E-state index contributed by atoms with van der Waals surface area (Å²) in [5.74, 6) is 0.0781. The number of nitro groups is 1. The number of hydrogen-bond donors (Lipinski definition) is 1. The minimum Gasteiger partial charge on any atom is -0.456 e. The summed E-state index contributed by atoms with van der Waals surface area (Å²) in [5.41, 5.74) is -0.0598. The maximum Gasteiger partial charge on any atom is 0.351 e. The van der Waals surface area contributed by atoms with Gasteiger partial charge in [-0.05, 0) is 47.1 Å². The zero-order valence-corrected chi connectivity index (χ0v) is 18.7. The number of hydrogen-bond acceptors (Lipinski definition) is 7. The van der Waals surface area contributed by atoms with Gasteiger partial charge in [-0.1, -0.05) is 15.9 Å². The zero-order valence-electron chi connectivity index (χ0n) is 14.6. The van der Waals surface area contributed by atoms with E-state index >= 15 is 0 Å². The first-order chi connectivity index (χ1) is 12.7. The van der Waals surface area contributed by atoms with Gasteiger partial charge in [0.25, 0.3) is 5.69 Å². The lowest BCUT2D eigenvalue weighted by Crippen LogP contribution is -2.18. The molecule has 0 aliphatic rings. The Labute approximate surface area is 173 Å². The molecule has 2 aromatic carbocycles. The SMILES string of the molecule is COP(=O)(OC)C(C)Nc1cc(Oc2ccc(Br)cc2Br)ccc1[N+](=O)[O-]. The summed E-state index contributed by atoms with van der Waals surface area (Å²) in [7, 11) is -0.967. The third-order valence-electron chi connectivity index (χ3n) is 3.63. The third-order valence-corrected chi connectivity index (χ3v) is 6.84. The second kappa shape index (κ2) is 9.16. The van der Waals surface area contributed by atoms with Crippen molar-refractivity contribution in [3.05, 3.63) is 55.5 Å². The quantitative estimate of drug-likeness (QED) is 0.251. The number of ether oxygens (including phenoxy) is 1. The molecule has 0 spiro atoms. The number of halogens is 2. The second-order valence-corrected chi connectivity index (χ2v) is 9.69. The van der Waals surface area contributed by atoms with Crippen molar-refractivity contribution in [2.24, 2.45) is 0 Å². The van der Waals surface area contributed by atoms with Gasteiger partial charge in [-0.25, -0.2) is 0 Å². The molecular formula is C16H17Br2N2O6P.